The molecule has 2 aromatic carbocycles. The van der Waals surface area contributed by atoms with Crippen LogP contribution in [0.1, 0.15) is 12.0 Å². The summed E-state index contributed by atoms with van der Waals surface area (Å²) in [7, 11) is 0. The Bertz CT molecular complexity index is 724. The van der Waals surface area contributed by atoms with E-state index < -0.39 is 0 Å². The van der Waals surface area contributed by atoms with Crippen molar-refractivity contribution >= 4 is 24.0 Å². The van der Waals surface area contributed by atoms with E-state index in [1.54, 1.807) is 11.9 Å². The van der Waals surface area contributed by atoms with E-state index in [0.29, 0.717) is 18.6 Å². The average Bonchev–Trinajstić information content (AvgIpc) is 2.75. The molecule has 0 aromatic heterocycles. The van der Waals surface area contributed by atoms with Crippen LogP contribution in [0.4, 0.5) is 10.1 Å². The van der Waals surface area contributed by atoms with Crippen LogP contribution in [-0.2, 0) is 11.2 Å². The highest BCUT2D eigenvalue weighted by atomic mass is 32.2. The number of halogens is 1. The number of hydrogen-bond acceptors (Lipinski definition) is 5. The Morgan fingerprint density at radius 1 is 1.07 bits per heavy atom. The first-order valence-electron chi connectivity index (χ1n) is 9.50. The summed E-state index contributed by atoms with van der Waals surface area (Å²) in [6, 6.07) is 16.5. The molecule has 1 N–H and O–H groups in total. The molecule has 0 spiro atoms. The highest BCUT2D eigenvalue weighted by Gasteiger charge is 2.21. The first-order chi connectivity index (χ1) is 13.7. The number of rotatable bonds is 9. The average molecular weight is 404 g/mol. The predicted molar refractivity (Wildman–Crippen MR) is 111 cm³/mol. The smallest absolute Gasteiger partial charge is 0.233 e. The van der Waals surface area contributed by atoms with Crippen molar-refractivity contribution in [1.29, 1.82) is 0 Å². The molecule has 3 rings (SSSR count). The first-order valence-corrected chi connectivity index (χ1v) is 10.4. The van der Waals surface area contributed by atoms with Gasteiger partial charge in [-0.2, -0.15) is 0 Å². The maximum atomic E-state index is 13.1. The minimum Gasteiger partial charge on any atom is -0.369 e. The topological polar surface area (TPSA) is 47.0 Å². The van der Waals surface area contributed by atoms with Crippen molar-refractivity contribution < 1.29 is 14.4 Å². The van der Waals surface area contributed by atoms with Crippen molar-refractivity contribution in [2.24, 2.45) is 0 Å². The fraction of sp³-hybridized carbons (Fsp3) is 0.381. The van der Waals surface area contributed by atoms with Crippen molar-refractivity contribution in [2.45, 2.75) is 18.9 Å². The van der Waals surface area contributed by atoms with E-state index in [9.17, 15) is 14.4 Å². The summed E-state index contributed by atoms with van der Waals surface area (Å²) in [6.07, 6.45) is 2.01. The fourth-order valence-corrected chi connectivity index (χ4v) is 4.40. The third kappa shape index (κ3) is 5.95. The SMILES string of the molecule is O=CN(O)C(CCc1ccccc1)CSN1CCN(c2ccc(F)cc2)CC1. The highest BCUT2D eigenvalue weighted by molar-refractivity contribution is 7.97. The van der Waals surface area contributed by atoms with Crippen LogP contribution in [0, 0.1) is 5.82 Å². The molecule has 7 heteroatoms. The Morgan fingerprint density at radius 2 is 1.75 bits per heavy atom. The van der Waals surface area contributed by atoms with Gasteiger partial charge in [0.05, 0.1) is 6.04 Å². The van der Waals surface area contributed by atoms with E-state index in [4.69, 9.17) is 0 Å². The molecule has 1 aliphatic rings. The van der Waals surface area contributed by atoms with Crippen LogP contribution < -0.4 is 4.90 Å². The molecule has 28 heavy (non-hydrogen) atoms. The number of hydrogen-bond donors (Lipinski definition) is 1. The molecule has 1 atom stereocenters. The zero-order valence-electron chi connectivity index (χ0n) is 15.8. The molecule has 2 aromatic rings. The van der Waals surface area contributed by atoms with E-state index in [1.165, 1.54) is 17.7 Å². The van der Waals surface area contributed by atoms with Gasteiger partial charge in [0.2, 0.25) is 6.41 Å². The van der Waals surface area contributed by atoms with E-state index >= 15 is 0 Å². The molecular formula is C21H26FN3O2S. The number of piperazine rings is 1. The largest absolute Gasteiger partial charge is 0.369 e. The van der Waals surface area contributed by atoms with Crippen LogP contribution in [0.25, 0.3) is 0 Å². The number of anilines is 1. The van der Waals surface area contributed by atoms with Gasteiger partial charge in [-0.25, -0.2) is 13.8 Å². The lowest BCUT2D eigenvalue weighted by molar-refractivity contribution is -0.158. The molecule has 1 unspecified atom stereocenters. The Kier molecular flexibility index (Phi) is 7.71. The first kappa shape index (κ1) is 20.6. The Balaban J connectivity index is 1.45. The molecule has 1 heterocycles. The van der Waals surface area contributed by atoms with E-state index in [2.05, 4.69) is 21.3 Å². The molecule has 1 amide bonds. The normalized spacial score (nSPS) is 16.0. The molecule has 150 valence electrons. The number of benzene rings is 2. The molecule has 1 saturated heterocycles. The second-order valence-electron chi connectivity index (χ2n) is 6.85. The number of aryl methyl sites for hydroxylation is 1. The Hall–Kier alpha value is -2.09. The summed E-state index contributed by atoms with van der Waals surface area (Å²) in [5.41, 5.74) is 2.24. The van der Waals surface area contributed by atoms with Crippen LogP contribution in [0.3, 0.4) is 0 Å². The Labute approximate surface area is 169 Å². The van der Waals surface area contributed by atoms with Crippen LogP contribution in [-0.4, -0.2) is 59.0 Å². The standard InChI is InChI=1S/C21H26FN3O2S/c22-19-7-10-20(11-8-19)23-12-14-24(15-13-23)28-16-21(25(27)17-26)9-6-18-4-2-1-3-5-18/h1-5,7-8,10-11,17,21,27H,6,9,12-16H2. The highest BCUT2D eigenvalue weighted by Crippen LogP contribution is 2.22. The predicted octanol–water partition coefficient (Wildman–Crippen LogP) is 3.44. The summed E-state index contributed by atoms with van der Waals surface area (Å²) in [4.78, 5) is 13.3. The quantitative estimate of drug-likeness (QED) is 0.301. The number of carbonyl (C=O) groups excluding carboxylic acids is 1. The van der Waals surface area contributed by atoms with Gasteiger partial charge in [0.15, 0.2) is 0 Å². The van der Waals surface area contributed by atoms with Crippen LogP contribution in [0.5, 0.6) is 0 Å². The molecular weight excluding hydrogens is 377 g/mol. The third-order valence-corrected chi connectivity index (χ3v) is 6.24. The van der Waals surface area contributed by atoms with Crippen molar-refractivity contribution in [1.82, 2.24) is 9.37 Å². The summed E-state index contributed by atoms with van der Waals surface area (Å²) in [5.74, 6) is 0.432. The second-order valence-corrected chi connectivity index (χ2v) is 7.96. The minimum absolute atomic E-state index is 0.219. The van der Waals surface area contributed by atoms with Gasteiger partial charge in [0, 0.05) is 37.6 Å². The van der Waals surface area contributed by atoms with Gasteiger partial charge in [0.1, 0.15) is 5.82 Å². The van der Waals surface area contributed by atoms with Gasteiger partial charge >= 0.3 is 0 Å². The molecule has 0 aliphatic carbocycles. The van der Waals surface area contributed by atoms with Crippen molar-refractivity contribution in [3.8, 4) is 0 Å². The van der Waals surface area contributed by atoms with E-state index in [0.717, 1.165) is 43.4 Å². The number of nitrogens with zero attached hydrogens (tertiary/aromatic N) is 3. The summed E-state index contributed by atoms with van der Waals surface area (Å²) >= 11 is 1.67. The zero-order valence-corrected chi connectivity index (χ0v) is 16.6. The zero-order chi connectivity index (χ0) is 19.8. The van der Waals surface area contributed by atoms with E-state index in [1.807, 2.05) is 30.3 Å². The number of amides is 1. The maximum absolute atomic E-state index is 13.1. The maximum Gasteiger partial charge on any atom is 0.233 e. The van der Waals surface area contributed by atoms with E-state index in [-0.39, 0.29) is 11.9 Å². The van der Waals surface area contributed by atoms with Gasteiger partial charge in [-0.15, -0.1) is 0 Å². The number of hydroxylamine groups is 2. The lowest BCUT2D eigenvalue weighted by atomic mass is 10.1. The van der Waals surface area contributed by atoms with Gasteiger partial charge in [-0.1, -0.05) is 42.3 Å². The Morgan fingerprint density at radius 3 is 2.39 bits per heavy atom. The van der Waals surface area contributed by atoms with Gasteiger partial charge in [0.25, 0.3) is 0 Å². The van der Waals surface area contributed by atoms with Gasteiger partial charge in [-0.05, 0) is 42.7 Å². The van der Waals surface area contributed by atoms with Gasteiger partial charge in [-0.3, -0.25) is 10.0 Å². The van der Waals surface area contributed by atoms with Crippen LogP contribution in [0.2, 0.25) is 0 Å². The van der Waals surface area contributed by atoms with Crippen LogP contribution >= 0.6 is 11.9 Å². The van der Waals surface area contributed by atoms with Crippen molar-refractivity contribution in [2.75, 3.05) is 36.8 Å². The van der Waals surface area contributed by atoms with Gasteiger partial charge < -0.3 is 4.90 Å². The fourth-order valence-electron chi connectivity index (χ4n) is 3.27. The third-order valence-electron chi connectivity index (χ3n) is 4.97. The number of carbonyl (C=O) groups is 1. The minimum atomic E-state index is -0.224. The second kappa shape index (κ2) is 10.5. The molecule has 5 nitrogen and oxygen atoms in total. The molecule has 0 radical (unpaired) electrons. The molecule has 0 bridgehead atoms. The lowest BCUT2D eigenvalue weighted by Crippen LogP contribution is -2.44. The van der Waals surface area contributed by atoms with Crippen molar-refractivity contribution in [3.05, 3.63) is 66.0 Å². The molecule has 0 saturated carbocycles. The van der Waals surface area contributed by atoms with Crippen LogP contribution in [0.15, 0.2) is 54.6 Å². The summed E-state index contributed by atoms with van der Waals surface area (Å²) < 4.78 is 15.4. The summed E-state index contributed by atoms with van der Waals surface area (Å²) in [6.45, 7) is 3.48. The monoisotopic (exact) mass is 403 g/mol. The molecule has 1 fully saturated rings. The molecule has 1 aliphatic heterocycles. The summed E-state index contributed by atoms with van der Waals surface area (Å²) in [5, 5.41) is 10.7. The lowest BCUT2D eigenvalue weighted by Gasteiger charge is -2.36. The van der Waals surface area contributed by atoms with Crippen molar-refractivity contribution in [3.63, 3.8) is 0 Å².